The maximum atomic E-state index is 10.3. The van der Waals surface area contributed by atoms with Gasteiger partial charge in [0.2, 0.25) is 0 Å². The quantitative estimate of drug-likeness (QED) is 0.842. The molecule has 0 saturated heterocycles. The summed E-state index contributed by atoms with van der Waals surface area (Å²) in [7, 11) is 0. The van der Waals surface area contributed by atoms with Crippen molar-refractivity contribution in [1.82, 2.24) is 9.88 Å². The number of hydrogen-bond acceptors (Lipinski definition) is 3. The van der Waals surface area contributed by atoms with Crippen LogP contribution in [0.1, 0.15) is 25.8 Å². The zero-order valence-corrected chi connectivity index (χ0v) is 12.4. The van der Waals surface area contributed by atoms with Crippen molar-refractivity contribution >= 4 is 10.9 Å². The Hall–Kier alpha value is -1.45. The van der Waals surface area contributed by atoms with Gasteiger partial charge < -0.3 is 10.0 Å². The van der Waals surface area contributed by atoms with E-state index < -0.39 is 0 Å². The minimum Gasteiger partial charge on any atom is -0.393 e. The fourth-order valence-electron chi connectivity index (χ4n) is 2.56. The summed E-state index contributed by atoms with van der Waals surface area (Å²) in [5.74, 6) is 0. The highest BCUT2D eigenvalue weighted by Gasteiger charge is 2.10. The number of aromatic nitrogens is 1. The summed E-state index contributed by atoms with van der Waals surface area (Å²) in [4.78, 5) is 6.70. The van der Waals surface area contributed by atoms with Gasteiger partial charge >= 0.3 is 0 Å². The van der Waals surface area contributed by atoms with E-state index in [9.17, 15) is 5.11 Å². The van der Waals surface area contributed by atoms with E-state index in [1.807, 2.05) is 30.5 Å². The Morgan fingerprint density at radius 1 is 1.15 bits per heavy atom. The van der Waals surface area contributed by atoms with E-state index >= 15 is 0 Å². The lowest BCUT2D eigenvalue weighted by Crippen LogP contribution is -2.27. The van der Waals surface area contributed by atoms with Crippen LogP contribution in [0.25, 0.3) is 10.9 Å². The Bertz CT molecular complexity index is 532. The molecule has 1 atom stereocenters. The van der Waals surface area contributed by atoms with Crippen molar-refractivity contribution in [2.24, 2.45) is 0 Å². The summed E-state index contributed by atoms with van der Waals surface area (Å²) in [5.41, 5.74) is 2.18. The first-order chi connectivity index (χ1) is 9.74. The number of nitrogens with zero attached hydrogens (tertiary/aromatic N) is 2. The molecule has 0 saturated carbocycles. The van der Waals surface area contributed by atoms with Crippen LogP contribution < -0.4 is 0 Å². The van der Waals surface area contributed by atoms with Crippen LogP contribution in [0, 0.1) is 0 Å². The first kappa shape index (κ1) is 14.9. The third-order valence-corrected chi connectivity index (χ3v) is 3.87. The lowest BCUT2D eigenvalue weighted by molar-refractivity contribution is 0.144. The molecule has 108 valence electrons. The lowest BCUT2D eigenvalue weighted by atomic mass is 10.0. The van der Waals surface area contributed by atoms with E-state index in [-0.39, 0.29) is 6.10 Å². The summed E-state index contributed by atoms with van der Waals surface area (Å²) in [5, 5.41) is 11.4. The van der Waals surface area contributed by atoms with Gasteiger partial charge in [-0.2, -0.15) is 0 Å². The molecule has 1 aromatic carbocycles. The van der Waals surface area contributed by atoms with Gasteiger partial charge in [0.15, 0.2) is 0 Å². The molecule has 0 bridgehead atoms. The highest BCUT2D eigenvalue weighted by atomic mass is 16.3. The van der Waals surface area contributed by atoms with Gasteiger partial charge in [0.05, 0.1) is 11.6 Å². The number of aliphatic hydroxyl groups excluding tert-OH is 1. The van der Waals surface area contributed by atoms with Crippen LogP contribution in [0.4, 0.5) is 0 Å². The van der Waals surface area contributed by atoms with Crippen molar-refractivity contribution in [2.45, 2.75) is 32.8 Å². The molecule has 0 spiro atoms. The molecule has 3 nitrogen and oxygen atoms in total. The second kappa shape index (κ2) is 7.36. The number of pyridine rings is 1. The maximum absolute atomic E-state index is 10.3. The van der Waals surface area contributed by atoms with E-state index in [0.29, 0.717) is 6.42 Å². The molecule has 0 aliphatic rings. The van der Waals surface area contributed by atoms with Crippen molar-refractivity contribution in [3.05, 3.63) is 42.1 Å². The van der Waals surface area contributed by atoms with E-state index in [2.05, 4.69) is 29.8 Å². The Kier molecular flexibility index (Phi) is 5.50. The summed E-state index contributed by atoms with van der Waals surface area (Å²) in [6.07, 6.45) is 3.05. The molecule has 1 N–H and O–H groups in total. The van der Waals surface area contributed by atoms with Gasteiger partial charge in [-0.3, -0.25) is 4.98 Å². The lowest BCUT2D eigenvalue weighted by Gasteiger charge is -2.20. The zero-order chi connectivity index (χ0) is 14.4. The first-order valence-corrected chi connectivity index (χ1v) is 7.47. The molecule has 0 aliphatic heterocycles. The van der Waals surface area contributed by atoms with Crippen LogP contribution in [0.5, 0.6) is 0 Å². The third-order valence-electron chi connectivity index (χ3n) is 3.87. The largest absolute Gasteiger partial charge is 0.393 e. The van der Waals surface area contributed by atoms with Crippen LogP contribution in [-0.2, 0) is 6.42 Å². The Morgan fingerprint density at radius 2 is 1.90 bits per heavy atom. The molecular formula is C17H24N2O. The smallest absolute Gasteiger partial charge is 0.0704 e. The number of aliphatic hydroxyl groups is 1. The molecule has 0 amide bonds. The van der Waals surface area contributed by atoms with Gasteiger partial charge in [-0.05, 0) is 43.6 Å². The van der Waals surface area contributed by atoms with E-state index in [1.54, 1.807) is 0 Å². The number of fused-ring (bicyclic) bond motifs is 1. The van der Waals surface area contributed by atoms with E-state index in [4.69, 9.17) is 0 Å². The normalized spacial score (nSPS) is 13.0. The van der Waals surface area contributed by atoms with Crippen LogP contribution in [0.15, 0.2) is 36.5 Å². The van der Waals surface area contributed by atoms with E-state index in [0.717, 1.165) is 37.0 Å². The predicted molar refractivity (Wildman–Crippen MR) is 83.9 cm³/mol. The van der Waals surface area contributed by atoms with Crippen molar-refractivity contribution in [1.29, 1.82) is 0 Å². The fourth-order valence-corrected chi connectivity index (χ4v) is 2.56. The van der Waals surface area contributed by atoms with Crippen molar-refractivity contribution < 1.29 is 5.11 Å². The van der Waals surface area contributed by atoms with Gasteiger partial charge in [-0.1, -0.05) is 32.0 Å². The molecule has 0 radical (unpaired) electrons. The minimum atomic E-state index is -0.290. The Morgan fingerprint density at radius 3 is 2.65 bits per heavy atom. The zero-order valence-electron chi connectivity index (χ0n) is 12.4. The van der Waals surface area contributed by atoms with Crippen molar-refractivity contribution in [3.8, 4) is 0 Å². The Labute approximate surface area is 121 Å². The highest BCUT2D eigenvalue weighted by Crippen LogP contribution is 2.18. The van der Waals surface area contributed by atoms with Gasteiger partial charge in [0.1, 0.15) is 0 Å². The fraction of sp³-hybridized carbons (Fsp3) is 0.471. The molecule has 0 aliphatic carbocycles. The number of rotatable bonds is 7. The Balaban J connectivity index is 2.01. The maximum Gasteiger partial charge on any atom is 0.0704 e. The molecule has 3 heteroatoms. The number of para-hydroxylation sites is 1. The molecule has 1 heterocycles. The van der Waals surface area contributed by atoms with E-state index in [1.165, 1.54) is 5.56 Å². The summed E-state index contributed by atoms with van der Waals surface area (Å²) >= 11 is 0. The molecular weight excluding hydrogens is 248 g/mol. The number of benzene rings is 1. The molecule has 2 rings (SSSR count). The van der Waals surface area contributed by atoms with Gasteiger partial charge in [0, 0.05) is 18.1 Å². The molecule has 20 heavy (non-hydrogen) atoms. The standard InChI is InChI=1S/C17H24N2O/c1-3-19(4-2)12-10-15(20)13-14-9-11-18-17-8-6-5-7-16(14)17/h5-9,11,15,20H,3-4,10,12-13H2,1-2H3. The summed E-state index contributed by atoms with van der Waals surface area (Å²) in [6, 6.07) is 10.1. The van der Waals surface area contributed by atoms with Crippen LogP contribution in [0.2, 0.25) is 0 Å². The second-order valence-corrected chi connectivity index (χ2v) is 5.16. The van der Waals surface area contributed by atoms with Crippen LogP contribution in [0.3, 0.4) is 0 Å². The molecule has 1 aromatic heterocycles. The van der Waals surface area contributed by atoms with Gasteiger partial charge in [-0.15, -0.1) is 0 Å². The predicted octanol–water partition coefficient (Wildman–Crippen LogP) is 2.87. The second-order valence-electron chi connectivity index (χ2n) is 5.16. The minimum absolute atomic E-state index is 0.290. The highest BCUT2D eigenvalue weighted by molar-refractivity contribution is 5.81. The van der Waals surface area contributed by atoms with Gasteiger partial charge in [0.25, 0.3) is 0 Å². The molecule has 0 fully saturated rings. The van der Waals surface area contributed by atoms with Gasteiger partial charge in [-0.25, -0.2) is 0 Å². The third kappa shape index (κ3) is 3.78. The topological polar surface area (TPSA) is 36.4 Å². The summed E-state index contributed by atoms with van der Waals surface area (Å²) in [6.45, 7) is 7.36. The van der Waals surface area contributed by atoms with Crippen LogP contribution >= 0.6 is 0 Å². The average molecular weight is 272 g/mol. The number of hydrogen-bond donors (Lipinski definition) is 1. The SMILES string of the molecule is CCN(CC)CCC(O)Cc1ccnc2ccccc12. The monoisotopic (exact) mass is 272 g/mol. The molecule has 1 unspecified atom stereocenters. The first-order valence-electron chi connectivity index (χ1n) is 7.47. The van der Waals surface area contributed by atoms with Crippen molar-refractivity contribution in [3.63, 3.8) is 0 Å². The summed E-state index contributed by atoms with van der Waals surface area (Å²) < 4.78 is 0. The molecule has 2 aromatic rings. The van der Waals surface area contributed by atoms with Crippen molar-refractivity contribution in [2.75, 3.05) is 19.6 Å². The van der Waals surface area contributed by atoms with Crippen LogP contribution in [-0.4, -0.2) is 40.7 Å². The average Bonchev–Trinajstić information content (AvgIpc) is 2.49.